The molecule has 0 spiro atoms. The predicted molar refractivity (Wildman–Crippen MR) is 29.6 cm³/mol. The molecule has 0 amide bonds. The van der Waals surface area contributed by atoms with E-state index in [-0.39, 0.29) is 6.10 Å². The van der Waals surface area contributed by atoms with Gasteiger partial charge in [0.1, 0.15) is 5.60 Å². The zero-order valence-corrected chi connectivity index (χ0v) is 5.18. The van der Waals surface area contributed by atoms with Crippen LogP contribution >= 0.6 is 0 Å². The number of carbonyl (C=O) groups excluding carboxylic acids is 1. The molecule has 1 rings (SSSR count). The summed E-state index contributed by atoms with van der Waals surface area (Å²) in [5, 5.41) is 0. The molecule has 2 atom stereocenters. The molecule has 1 heterocycles. The lowest BCUT2D eigenvalue weighted by Crippen LogP contribution is -2.09. The van der Waals surface area contributed by atoms with Crippen LogP contribution < -0.4 is 0 Å². The maximum Gasteiger partial charge on any atom is 0.154 e. The molecule has 0 aliphatic carbocycles. The highest BCUT2D eigenvalue weighted by Gasteiger charge is 2.50. The molecule has 0 bridgehead atoms. The number of epoxide rings is 1. The van der Waals surface area contributed by atoms with Crippen LogP contribution in [0.2, 0.25) is 0 Å². The summed E-state index contributed by atoms with van der Waals surface area (Å²) in [6.45, 7) is 3.83. The Morgan fingerprint density at radius 2 is 2.50 bits per heavy atom. The average Bonchev–Trinajstić information content (AvgIpc) is 2.44. The molecule has 1 aliphatic heterocycles. The van der Waals surface area contributed by atoms with Crippen molar-refractivity contribution < 1.29 is 9.53 Å². The van der Waals surface area contributed by atoms with E-state index < -0.39 is 5.60 Å². The first-order valence-corrected chi connectivity index (χ1v) is 2.87. The summed E-state index contributed by atoms with van der Waals surface area (Å²) < 4.78 is 5.03. The second kappa shape index (κ2) is 1.55. The summed E-state index contributed by atoms with van der Waals surface area (Å²) >= 11 is 0. The molecule has 0 saturated carbocycles. The molecule has 46 valence electrons. The lowest BCUT2D eigenvalue weighted by molar-refractivity contribution is -0.111. The van der Waals surface area contributed by atoms with Crippen LogP contribution in [0.15, 0.2) is 0 Å². The maximum absolute atomic E-state index is 10.1. The molecule has 0 aromatic rings. The second-order valence-electron chi connectivity index (χ2n) is 2.32. The number of rotatable bonds is 2. The smallest absolute Gasteiger partial charge is 0.154 e. The fourth-order valence-corrected chi connectivity index (χ4v) is 0.865. The predicted octanol–water partition coefficient (Wildman–Crippen LogP) is 0.753. The summed E-state index contributed by atoms with van der Waals surface area (Å²) in [5.74, 6) is 0. The van der Waals surface area contributed by atoms with Gasteiger partial charge >= 0.3 is 0 Å². The molecule has 1 saturated heterocycles. The Labute approximate surface area is 48.8 Å². The van der Waals surface area contributed by atoms with Gasteiger partial charge in [-0.2, -0.15) is 0 Å². The number of aldehydes is 1. The molecule has 1 aliphatic rings. The molecule has 0 aromatic carbocycles. The van der Waals surface area contributed by atoms with E-state index in [1.807, 2.05) is 13.8 Å². The summed E-state index contributed by atoms with van der Waals surface area (Å²) in [5.41, 5.74) is -0.422. The Hall–Kier alpha value is -0.370. The summed E-state index contributed by atoms with van der Waals surface area (Å²) in [4.78, 5) is 10.1. The fraction of sp³-hybridized carbons (Fsp3) is 0.833. The standard InChI is InChI=1S/C6H10O2/c1-3-5-6(2,4-7)8-5/h4-5H,3H2,1-2H3/t5-,6-/m0/s1. The third-order valence-electron chi connectivity index (χ3n) is 1.58. The molecule has 1 fully saturated rings. The highest BCUT2D eigenvalue weighted by molar-refractivity contribution is 5.66. The lowest BCUT2D eigenvalue weighted by Gasteiger charge is -1.87. The van der Waals surface area contributed by atoms with Crippen LogP contribution in [0.4, 0.5) is 0 Å². The van der Waals surface area contributed by atoms with Crippen molar-refractivity contribution in [2.45, 2.75) is 32.0 Å². The Balaban J connectivity index is 2.42. The summed E-state index contributed by atoms with van der Waals surface area (Å²) in [6, 6.07) is 0. The first-order chi connectivity index (χ1) is 3.73. The second-order valence-corrected chi connectivity index (χ2v) is 2.32. The first-order valence-electron chi connectivity index (χ1n) is 2.87. The molecule has 0 aromatic heterocycles. The number of hydrogen-bond acceptors (Lipinski definition) is 2. The molecule has 0 radical (unpaired) electrons. The van der Waals surface area contributed by atoms with E-state index in [0.717, 1.165) is 12.7 Å². The van der Waals surface area contributed by atoms with Gasteiger partial charge in [-0.15, -0.1) is 0 Å². The normalized spacial score (nSPS) is 44.0. The van der Waals surface area contributed by atoms with Crippen molar-refractivity contribution in [3.63, 3.8) is 0 Å². The highest BCUT2D eigenvalue weighted by atomic mass is 16.6. The van der Waals surface area contributed by atoms with Gasteiger partial charge in [-0.05, 0) is 13.3 Å². The lowest BCUT2D eigenvalue weighted by atomic mass is 10.1. The molecule has 0 N–H and O–H groups in total. The SMILES string of the molecule is CC[C@@H]1O[C@@]1(C)C=O. The first kappa shape index (κ1) is 5.76. The number of carbonyl (C=O) groups is 1. The zero-order chi connectivity index (χ0) is 6.20. The van der Waals surface area contributed by atoms with Gasteiger partial charge in [0, 0.05) is 0 Å². The molecule has 2 nitrogen and oxygen atoms in total. The number of ether oxygens (including phenoxy) is 1. The van der Waals surface area contributed by atoms with Gasteiger partial charge in [-0.25, -0.2) is 0 Å². The van der Waals surface area contributed by atoms with Crippen LogP contribution in [0, 0.1) is 0 Å². The average molecular weight is 114 g/mol. The van der Waals surface area contributed by atoms with Crippen molar-refractivity contribution in [3.05, 3.63) is 0 Å². The van der Waals surface area contributed by atoms with E-state index in [1.54, 1.807) is 0 Å². The van der Waals surface area contributed by atoms with Crippen LogP contribution in [-0.4, -0.2) is 18.0 Å². The van der Waals surface area contributed by atoms with E-state index in [1.165, 1.54) is 0 Å². The minimum Gasteiger partial charge on any atom is -0.358 e. The van der Waals surface area contributed by atoms with Gasteiger partial charge in [0.05, 0.1) is 6.10 Å². The molecule has 0 unspecified atom stereocenters. The molecular formula is C6H10O2. The minimum atomic E-state index is -0.422. The number of hydrogen-bond donors (Lipinski definition) is 0. The largest absolute Gasteiger partial charge is 0.358 e. The fourth-order valence-electron chi connectivity index (χ4n) is 0.865. The Kier molecular flexibility index (Phi) is 1.12. The van der Waals surface area contributed by atoms with E-state index in [0.29, 0.717) is 0 Å². The topological polar surface area (TPSA) is 29.6 Å². The summed E-state index contributed by atoms with van der Waals surface area (Å²) in [6.07, 6.45) is 2.01. The Morgan fingerprint density at radius 3 is 2.62 bits per heavy atom. The van der Waals surface area contributed by atoms with Crippen LogP contribution in [0.1, 0.15) is 20.3 Å². The van der Waals surface area contributed by atoms with Crippen LogP contribution in [0.25, 0.3) is 0 Å². The van der Waals surface area contributed by atoms with Crippen molar-refractivity contribution in [3.8, 4) is 0 Å². The van der Waals surface area contributed by atoms with E-state index in [9.17, 15) is 4.79 Å². The highest BCUT2D eigenvalue weighted by Crippen LogP contribution is 2.35. The van der Waals surface area contributed by atoms with E-state index >= 15 is 0 Å². The van der Waals surface area contributed by atoms with Crippen molar-refractivity contribution >= 4 is 6.29 Å². The molecule has 2 heteroatoms. The monoisotopic (exact) mass is 114 g/mol. The van der Waals surface area contributed by atoms with Gasteiger partial charge in [0.2, 0.25) is 0 Å². The Bertz CT molecular complexity index is 111. The van der Waals surface area contributed by atoms with Crippen LogP contribution in [0.3, 0.4) is 0 Å². The van der Waals surface area contributed by atoms with Crippen LogP contribution in [-0.2, 0) is 9.53 Å². The van der Waals surface area contributed by atoms with Crippen molar-refractivity contribution in [2.24, 2.45) is 0 Å². The van der Waals surface area contributed by atoms with Gasteiger partial charge in [-0.3, -0.25) is 0 Å². The Morgan fingerprint density at radius 1 is 1.88 bits per heavy atom. The van der Waals surface area contributed by atoms with E-state index in [4.69, 9.17) is 4.74 Å². The van der Waals surface area contributed by atoms with Crippen molar-refractivity contribution in [1.82, 2.24) is 0 Å². The third-order valence-corrected chi connectivity index (χ3v) is 1.58. The quantitative estimate of drug-likeness (QED) is 0.391. The van der Waals surface area contributed by atoms with Gasteiger partial charge in [-0.1, -0.05) is 6.92 Å². The van der Waals surface area contributed by atoms with Crippen LogP contribution in [0.5, 0.6) is 0 Å². The zero-order valence-electron chi connectivity index (χ0n) is 5.18. The van der Waals surface area contributed by atoms with Gasteiger partial charge < -0.3 is 9.53 Å². The van der Waals surface area contributed by atoms with Gasteiger partial charge in [0.15, 0.2) is 6.29 Å². The summed E-state index contributed by atoms with van der Waals surface area (Å²) in [7, 11) is 0. The third kappa shape index (κ3) is 0.650. The van der Waals surface area contributed by atoms with E-state index in [2.05, 4.69) is 0 Å². The van der Waals surface area contributed by atoms with Gasteiger partial charge in [0.25, 0.3) is 0 Å². The molecule has 8 heavy (non-hydrogen) atoms. The minimum absolute atomic E-state index is 0.194. The van der Waals surface area contributed by atoms with Crippen molar-refractivity contribution in [2.75, 3.05) is 0 Å². The molecular weight excluding hydrogens is 104 g/mol. The maximum atomic E-state index is 10.1. The van der Waals surface area contributed by atoms with Crippen molar-refractivity contribution in [1.29, 1.82) is 0 Å².